The molecule has 0 aliphatic carbocycles. The van der Waals surface area contributed by atoms with Gasteiger partial charge >= 0.3 is 18.9 Å². The van der Waals surface area contributed by atoms with Crippen LogP contribution >= 0.6 is 8.58 Å². The Morgan fingerprint density at radius 2 is 1.64 bits per heavy atom. The normalized spacial score (nSPS) is 12.1. The number of carbonyl (C=O) groups is 1. The van der Waals surface area contributed by atoms with Gasteiger partial charge in [-0.2, -0.15) is 0 Å². The summed E-state index contributed by atoms with van der Waals surface area (Å²) in [4.78, 5) is 12.8. The zero-order valence-electron chi connectivity index (χ0n) is 16.5. The predicted octanol–water partition coefficient (Wildman–Crippen LogP) is 2.25. The molecule has 2 atom stereocenters. The van der Waals surface area contributed by atoms with Gasteiger partial charge in [-0.3, -0.25) is 4.79 Å². The fraction of sp³-hybridized carbons (Fsp3) is 0.381. The van der Waals surface area contributed by atoms with Gasteiger partial charge in [0.25, 0.3) is 0 Å². The summed E-state index contributed by atoms with van der Waals surface area (Å²) in [6.07, 6.45) is 1.19. The first kappa shape index (κ1) is 22.0. The molecule has 2 nitrogen and oxygen atoms in total. The van der Waals surface area contributed by atoms with Gasteiger partial charge in [0.15, 0.2) is 5.52 Å². The Balaban J connectivity index is 0.00000312. The first-order valence-electron chi connectivity index (χ1n) is 8.49. The molecule has 0 bridgehead atoms. The third-order valence-electron chi connectivity index (χ3n) is 4.61. The van der Waals surface area contributed by atoms with E-state index in [1.165, 1.54) is 11.1 Å². The summed E-state index contributed by atoms with van der Waals surface area (Å²) < 4.78 is 5.79. The van der Waals surface area contributed by atoms with Gasteiger partial charge in [0.1, 0.15) is 5.75 Å². The minimum atomic E-state index is 0. The van der Waals surface area contributed by atoms with Crippen LogP contribution in [0.15, 0.2) is 30.3 Å². The minimum absolute atomic E-state index is 0. The van der Waals surface area contributed by atoms with Gasteiger partial charge in [-0.05, 0) is 89.3 Å². The first-order valence-corrected chi connectivity index (χ1v) is 9.49. The summed E-state index contributed by atoms with van der Waals surface area (Å²) in [5, 5.41) is 1.05. The maximum absolute atomic E-state index is 12.8. The van der Waals surface area contributed by atoms with Gasteiger partial charge < -0.3 is 4.74 Å². The minimum Gasteiger partial charge on any atom is -0.491 e. The van der Waals surface area contributed by atoms with Gasteiger partial charge in [0.2, 0.25) is 0 Å². The molecule has 0 N–H and O–H groups in total. The Labute approximate surface area is 165 Å². The van der Waals surface area contributed by atoms with E-state index in [9.17, 15) is 4.79 Å². The number of benzene rings is 2. The Morgan fingerprint density at radius 3 is 2.20 bits per heavy atom. The largest absolute Gasteiger partial charge is 1.00 e. The van der Waals surface area contributed by atoms with Crippen molar-refractivity contribution in [3.05, 3.63) is 58.1 Å². The number of rotatable bonds is 6. The van der Waals surface area contributed by atoms with Crippen molar-refractivity contribution >= 4 is 19.4 Å². The molecule has 0 amide bonds. The van der Waals surface area contributed by atoms with Gasteiger partial charge in [-0.25, -0.2) is 0 Å². The molecule has 2 rings (SSSR count). The molecule has 0 saturated carbocycles. The van der Waals surface area contributed by atoms with Crippen LogP contribution in [-0.2, 0) is 0 Å². The summed E-state index contributed by atoms with van der Waals surface area (Å²) >= 11 is 0. The number of ether oxygens (including phenoxy) is 1. The number of carbonyl (C=O) groups excluding carboxylic acids is 1. The molecule has 0 spiro atoms. The quantitative estimate of drug-likeness (QED) is 0.591. The molecule has 0 aromatic heterocycles. The average Bonchev–Trinajstić information content (AvgIpc) is 2.54. The van der Waals surface area contributed by atoms with E-state index in [1.807, 2.05) is 31.2 Å². The van der Waals surface area contributed by atoms with Gasteiger partial charge in [0, 0.05) is 5.56 Å². The second kappa shape index (κ2) is 9.58. The van der Waals surface area contributed by atoms with Gasteiger partial charge in [-0.15, -0.1) is 0 Å². The molecule has 128 valence electrons. The Morgan fingerprint density at radius 1 is 1.04 bits per heavy atom. The molecule has 2 unspecified atom stereocenters. The van der Waals surface area contributed by atoms with Crippen molar-refractivity contribution in [3.63, 3.8) is 0 Å². The van der Waals surface area contributed by atoms with Gasteiger partial charge in [0.05, 0.1) is 6.10 Å². The Hall–Kier alpha value is -1.06. The molecular weight excluding hydrogens is 322 g/mol. The maximum Gasteiger partial charge on any atom is 1.00 e. The fourth-order valence-corrected chi connectivity index (χ4v) is 3.86. The van der Waals surface area contributed by atoms with Gasteiger partial charge in [-0.1, -0.05) is 25.1 Å². The number of hydrogen-bond acceptors (Lipinski definition) is 2. The second-order valence-electron chi connectivity index (χ2n) is 6.45. The second-order valence-corrected chi connectivity index (χ2v) is 7.73. The van der Waals surface area contributed by atoms with E-state index in [0.717, 1.165) is 34.2 Å². The van der Waals surface area contributed by atoms with E-state index >= 15 is 0 Å². The van der Waals surface area contributed by atoms with Crippen molar-refractivity contribution in [3.8, 4) is 5.75 Å². The van der Waals surface area contributed by atoms with Crippen LogP contribution < -0.4 is 28.9 Å². The van der Waals surface area contributed by atoms with Crippen molar-refractivity contribution in [2.75, 3.05) is 0 Å². The smallest absolute Gasteiger partial charge is 0.491 e. The van der Waals surface area contributed by atoms with Crippen molar-refractivity contribution in [2.24, 2.45) is 0 Å². The SMILES string of the molecule is CCC(C)Oc1ccc(PC(=O)c2c(C)cc(C)c(C)c2C)cc1.[Li+]. The molecule has 0 aliphatic heterocycles. The van der Waals surface area contributed by atoms with Crippen molar-refractivity contribution in [1.82, 2.24) is 0 Å². The van der Waals surface area contributed by atoms with Crippen LogP contribution in [0.25, 0.3) is 0 Å². The molecule has 25 heavy (non-hydrogen) atoms. The molecule has 4 heteroatoms. The van der Waals surface area contributed by atoms with Crippen LogP contribution in [-0.4, -0.2) is 11.6 Å². The molecule has 0 fully saturated rings. The molecule has 0 radical (unpaired) electrons. The van der Waals surface area contributed by atoms with Crippen molar-refractivity contribution in [1.29, 1.82) is 0 Å². The summed E-state index contributed by atoms with van der Waals surface area (Å²) in [6, 6.07) is 10.0. The van der Waals surface area contributed by atoms with E-state index in [2.05, 4.69) is 40.7 Å². The van der Waals surface area contributed by atoms with E-state index in [-0.39, 0.29) is 39.1 Å². The predicted molar refractivity (Wildman–Crippen MR) is 104 cm³/mol. The van der Waals surface area contributed by atoms with E-state index in [0.29, 0.717) is 0 Å². The van der Waals surface area contributed by atoms with Crippen LogP contribution in [0.5, 0.6) is 5.75 Å². The van der Waals surface area contributed by atoms with Crippen LogP contribution in [0.3, 0.4) is 0 Å². The summed E-state index contributed by atoms with van der Waals surface area (Å²) in [5.41, 5.74) is 5.74. The van der Waals surface area contributed by atoms with E-state index < -0.39 is 0 Å². The summed E-state index contributed by atoms with van der Waals surface area (Å²) in [6.45, 7) is 12.4. The monoisotopic (exact) mass is 349 g/mol. The molecule has 0 saturated heterocycles. The summed E-state index contributed by atoms with van der Waals surface area (Å²) in [7, 11) is 0.140. The van der Waals surface area contributed by atoms with E-state index in [1.54, 1.807) is 0 Å². The van der Waals surface area contributed by atoms with E-state index in [4.69, 9.17) is 4.74 Å². The number of aryl methyl sites for hydroxylation is 2. The first-order chi connectivity index (χ1) is 11.3. The van der Waals surface area contributed by atoms with Crippen LogP contribution in [0.2, 0.25) is 0 Å². The topological polar surface area (TPSA) is 26.3 Å². The molecule has 2 aromatic carbocycles. The number of hydrogen-bond donors (Lipinski definition) is 0. The molecule has 2 aromatic rings. The fourth-order valence-electron chi connectivity index (χ4n) is 2.76. The van der Waals surface area contributed by atoms with Crippen LogP contribution in [0.1, 0.15) is 52.9 Å². The Bertz CT molecular complexity index is 739. The third kappa shape index (κ3) is 5.45. The maximum atomic E-state index is 12.8. The molecule has 0 aliphatic rings. The average molecular weight is 349 g/mol. The summed E-state index contributed by atoms with van der Waals surface area (Å²) in [5.74, 6) is 0.865. The third-order valence-corrected chi connectivity index (χ3v) is 5.71. The molecule has 0 heterocycles. The van der Waals surface area contributed by atoms with Crippen LogP contribution in [0.4, 0.5) is 0 Å². The zero-order chi connectivity index (χ0) is 17.9. The van der Waals surface area contributed by atoms with Crippen molar-refractivity contribution in [2.45, 2.75) is 54.1 Å². The standard InChI is InChI=1S/C21H27O2P.Li/c1-7-15(4)23-18-8-10-19(11-9-18)24-21(22)20-14(3)12-13(2)16(5)17(20)6;/h8-12,15,24H,7H2,1-6H3;/q;+1. The molecular formula is C21H27LiO2P+. The Kier molecular flexibility index (Phi) is 8.43. The zero-order valence-corrected chi connectivity index (χ0v) is 17.5. The van der Waals surface area contributed by atoms with Crippen molar-refractivity contribution < 1.29 is 28.4 Å². The van der Waals surface area contributed by atoms with Crippen LogP contribution in [0, 0.1) is 27.7 Å².